The zero-order valence-electron chi connectivity index (χ0n) is 19.2. The number of ether oxygens (including phenoxy) is 1. The Bertz CT molecular complexity index is 1170. The van der Waals surface area contributed by atoms with E-state index in [4.69, 9.17) is 4.74 Å². The van der Waals surface area contributed by atoms with Crippen LogP contribution in [0.15, 0.2) is 36.8 Å². The van der Waals surface area contributed by atoms with Crippen molar-refractivity contribution in [3.63, 3.8) is 0 Å². The van der Waals surface area contributed by atoms with Crippen molar-refractivity contribution < 1.29 is 14.3 Å². The average Bonchev–Trinajstić information content (AvgIpc) is 3.54. The molecule has 1 amide bonds. The van der Waals surface area contributed by atoms with Gasteiger partial charge in [0.25, 0.3) is 0 Å². The first-order valence-electron chi connectivity index (χ1n) is 11.6. The molecule has 5 rings (SSSR count). The molecule has 10 nitrogen and oxygen atoms in total. The second-order valence-electron chi connectivity index (χ2n) is 8.59. The summed E-state index contributed by atoms with van der Waals surface area (Å²) < 4.78 is 6.69. The Balaban J connectivity index is 1.11. The molecule has 2 aromatic heterocycles. The molecule has 1 fully saturated rings. The van der Waals surface area contributed by atoms with Crippen LogP contribution in [-0.2, 0) is 35.4 Å². The summed E-state index contributed by atoms with van der Waals surface area (Å²) in [6.45, 7) is 6.62. The van der Waals surface area contributed by atoms with Crippen LogP contribution in [-0.4, -0.2) is 79.6 Å². The Morgan fingerprint density at radius 3 is 2.68 bits per heavy atom. The fourth-order valence-corrected chi connectivity index (χ4v) is 4.70. The van der Waals surface area contributed by atoms with Gasteiger partial charge in [-0.25, -0.2) is 9.78 Å². The molecule has 0 spiro atoms. The third kappa shape index (κ3) is 4.54. The number of tetrazole rings is 1. The van der Waals surface area contributed by atoms with E-state index in [1.54, 1.807) is 6.20 Å². The zero-order chi connectivity index (χ0) is 23.5. The first-order chi connectivity index (χ1) is 16.6. The Morgan fingerprint density at radius 1 is 1.12 bits per heavy atom. The van der Waals surface area contributed by atoms with Gasteiger partial charge in [0, 0.05) is 44.5 Å². The minimum Gasteiger partial charge on any atom is -0.457 e. The van der Waals surface area contributed by atoms with Gasteiger partial charge in [0.2, 0.25) is 5.91 Å². The highest BCUT2D eigenvalue weighted by molar-refractivity contribution is 5.94. The molecule has 0 radical (unpaired) electrons. The van der Waals surface area contributed by atoms with Gasteiger partial charge in [-0.15, -0.1) is 5.10 Å². The maximum Gasteiger partial charge on any atom is 0.338 e. The van der Waals surface area contributed by atoms with Crippen LogP contribution in [0.25, 0.3) is 5.82 Å². The topological polar surface area (TPSA) is 106 Å². The van der Waals surface area contributed by atoms with Gasteiger partial charge in [-0.05, 0) is 52.1 Å². The summed E-state index contributed by atoms with van der Waals surface area (Å²) in [5, 5.41) is 11.0. The fourth-order valence-electron chi connectivity index (χ4n) is 4.70. The number of fused-ring (bicyclic) bond motifs is 1. The number of benzene rings is 1. The van der Waals surface area contributed by atoms with E-state index in [0.29, 0.717) is 24.4 Å². The molecule has 10 heteroatoms. The molecule has 34 heavy (non-hydrogen) atoms. The van der Waals surface area contributed by atoms with Crippen LogP contribution < -0.4 is 0 Å². The minimum absolute atomic E-state index is 0.119. The van der Waals surface area contributed by atoms with Gasteiger partial charge < -0.3 is 9.64 Å². The lowest BCUT2D eigenvalue weighted by molar-refractivity contribution is -0.132. The minimum atomic E-state index is -0.212. The Kier molecular flexibility index (Phi) is 6.31. The van der Waals surface area contributed by atoms with Gasteiger partial charge in [-0.3, -0.25) is 9.69 Å². The van der Waals surface area contributed by atoms with E-state index in [2.05, 4.69) is 38.4 Å². The largest absolute Gasteiger partial charge is 0.457 e. The van der Waals surface area contributed by atoms with Gasteiger partial charge in [0.05, 0.1) is 12.0 Å². The number of carbonyl (C=O) groups excluding carboxylic acids is 2. The number of amides is 1. The van der Waals surface area contributed by atoms with Gasteiger partial charge >= 0.3 is 5.97 Å². The normalized spacial score (nSPS) is 15.9. The molecular formula is C24H27N7O3. The number of aromatic nitrogens is 5. The number of hydrogen-bond donors (Lipinski definition) is 0. The molecule has 176 valence electrons. The van der Waals surface area contributed by atoms with Crippen LogP contribution in [0, 0.1) is 0 Å². The van der Waals surface area contributed by atoms with Crippen LogP contribution in [0.1, 0.15) is 39.5 Å². The molecule has 2 aliphatic heterocycles. The number of hydrogen-bond acceptors (Lipinski definition) is 8. The van der Waals surface area contributed by atoms with Crippen LogP contribution in [0.3, 0.4) is 0 Å². The van der Waals surface area contributed by atoms with E-state index in [1.165, 1.54) is 22.1 Å². The number of esters is 1. The highest BCUT2D eigenvalue weighted by Gasteiger charge is 2.25. The average molecular weight is 462 g/mol. The summed E-state index contributed by atoms with van der Waals surface area (Å²) in [7, 11) is 0. The van der Waals surface area contributed by atoms with Gasteiger partial charge in [0.15, 0.2) is 5.82 Å². The molecule has 0 bridgehead atoms. The fraction of sp³-hybridized carbons (Fsp3) is 0.417. The predicted molar refractivity (Wildman–Crippen MR) is 122 cm³/mol. The summed E-state index contributed by atoms with van der Waals surface area (Å²) >= 11 is 0. The third-order valence-electron chi connectivity index (χ3n) is 6.62. The van der Waals surface area contributed by atoms with Gasteiger partial charge in [0.1, 0.15) is 12.9 Å². The molecule has 0 aliphatic carbocycles. The Labute approximate surface area is 197 Å². The zero-order valence-corrected chi connectivity index (χ0v) is 19.2. The van der Waals surface area contributed by atoms with Crippen LogP contribution in [0.5, 0.6) is 0 Å². The summed E-state index contributed by atoms with van der Waals surface area (Å²) in [5.41, 5.74) is 5.18. The third-order valence-corrected chi connectivity index (χ3v) is 6.62. The molecular weight excluding hydrogens is 434 g/mol. The van der Waals surface area contributed by atoms with E-state index in [9.17, 15) is 9.59 Å². The van der Waals surface area contributed by atoms with E-state index < -0.39 is 0 Å². The first kappa shape index (κ1) is 22.1. The van der Waals surface area contributed by atoms with Crippen LogP contribution in [0.2, 0.25) is 0 Å². The maximum absolute atomic E-state index is 12.8. The monoisotopic (exact) mass is 461 g/mol. The highest BCUT2D eigenvalue weighted by atomic mass is 16.5. The van der Waals surface area contributed by atoms with Gasteiger partial charge in [-0.2, -0.15) is 4.68 Å². The number of rotatable bonds is 7. The molecule has 4 heterocycles. The highest BCUT2D eigenvalue weighted by Crippen LogP contribution is 2.27. The van der Waals surface area contributed by atoms with E-state index in [0.717, 1.165) is 56.7 Å². The van der Waals surface area contributed by atoms with Crippen molar-refractivity contribution in [2.45, 2.75) is 32.8 Å². The van der Waals surface area contributed by atoms with E-state index >= 15 is 0 Å². The van der Waals surface area contributed by atoms with E-state index in [1.807, 2.05) is 23.1 Å². The molecule has 1 aromatic carbocycles. The number of pyridine rings is 1. The van der Waals surface area contributed by atoms with Crippen LogP contribution >= 0.6 is 0 Å². The van der Waals surface area contributed by atoms with Gasteiger partial charge in [-0.1, -0.05) is 19.1 Å². The lowest BCUT2D eigenvalue weighted by atomic mass is 9.94. The second-order valence-corrected chi connectivity index (χ2v) is 8.59. The van der Waals surface area contributed by atoms with Crippen molar-refractivity contribution >= 4 is 11.9 Å². The molecule has 0 atom stereocenters. The van der Waals surface area contributed by atoms with E-state index in [-0.39, 0.29) is 11.9 Å². The smallest absolute Gasteiger partial charge is 0.338 e. The van der Waals surface area contributed by atoms with Crippen LogP contribution in [0.4, 0.5) is 0 Å². The van der Waals surface area contributed by atoms with Crippen molar-refractivity contribution in [2.75, 3.05) is 32.7 Å². The summed E-state index contributed by atoms with van der Waals surface area (Å²) in [5.74, 6) is 0.521. The second kappa shape index (κ2) is 9.68. The lowest BCUT2D eigenvalue weighted by Gasteiger charge is -2.35. The SMILES string of the molecule is CCc1c(CCN2CCN(C(=O)Cc3ccc(-n4cnnn4)nc3)CC2)ccc2c1COC2=O. The number of cyclic esters (lactones) is 1. The molecule has 3 aromatic rings. The summed E-state index contributed by atoms with van der Waals surface area (Å²) in [6.07, 6.45) is 5.33. The molecule has 0 unspecified atom stereocenters. The summed E-state index contributed by atoms with van der Waals surface area (Å²) in [6, 6.07) is 7.67. The van der Waals surface area contributed by atoms with Crippen molar-refractivity contribution in [2.24, 2.45) is 0 Å². The number of nitrogens with zero attached hydrogens (tertiary/aromatic N) is 7. The molecule has 2 aliphatic rings. The lowest BCUT2D eigenvalue weighted by Crippen LogP contribution is -2.49. The van der Waals surface area contributed by atoms with Crippen molar-refractivity contribution in [3.05, 3.63) is 64.6 Å². The number of carbonyl (C=O) groups is 2. The summed E-state index contributed by atoms with van der Waals surface area (Å²) in [4.78, 5) is 33.3. The molecule has 0 N–H and O–H groups in total. The molecule has 1 saturated heterocycles. The quantitative estimate of drug-likeness (QED) is 0.484. The Hall–Kier alpha value is -3.66. The van der Waals surface area contributed by atoms with Crippen molar-refractivity contribution in [1.82, 2.24) is 35.0 Å². The van der Waals surface area contributed by atoms with Crippen molar-refractivity contribution in [3.8, 4) is 5.82 Å². The number of piperazine rings is 1. The first-order valence-corrected chi connectivity index (χ1v) is 11.6. The standard InChI is InChI=1S/C24H27N7O3/c1-2-19-18(4-5-20-21(19)15-34-24(20)33)7-8-29-9-11-30(12-10-29)23(32)13-17-3-6-22(25-14-17)31-16-26-27-28-31/h3-6,14,16H,2,7-13,15H2,1H3. The predicted octanol–water partition coefficient (Wildman–Crippen LogP) is 1.22. The maximum atomic E-state index is 12.8. The van der Waals surface area contributed by atoms with Crippen molar-refractivity contribution in [1.29, 1.82) is 0 Å². The molecule has 0 saturated carbocycles. The Morgan fingerprint density at radius 2 is 1.97 bits per heavy atom.